The predicted octanol–water partition coefficient (Wildman–Crippen LogP) is 2.29. The number of hydrogen-bond acceptors (Lipinski definition) is 0. The Labute approximate surface area is 72.4 Å². The summed E-state index contributed by atoms with van der Waals surface area (Å²) < 4.78 is 0. The van der Waals surface area contributed by atoms with E-state index in [-0.39, 0.29) is 0 Å². The molecule has 0 rings (SSSR count). The lowest BCUT2D eigenvalue weighted by Gasteiger charge is -2.08. The van der Waals surface area contributed by atoms with Crippen LogP contribution < -0.4 is 0 Å². The maximum absolute atomic E-state index is 5.36. The summed E-state index contributed by atoms with van der Waals surface area (Å²) in [5.41, 5.74) is 9.39. The minimum atomic E-state index is -1.59. The van der Waals surface area contributed by atoms with Crippen LogP contribution in [0.3, 0.4) is 0 Å². The van der Waals surface area contributed by atoms with Crippen LogP contribution in [0.25, 0.3) is 0 Å². The molecule has 0 aliphatic rings. The van der Waals surface area contributed by atoms with Gasteiger partial charge in [-0.3, -0.25) is 0 Å². The fourth-order valence-electron chi connectivity index (χ4n) is 0.380. The summed E-state index contributed by atoms with van der Waals surface area (Å²) in [6, 6.07) is 0. The van der Waals surface area contributed by atoms with Gasteiger partial charge in [-0.05, 0) is 13.1 Å². The third kappa shape index (κ3) is 5.97. The molecule has 2 heteroatoms. The zero-order valence-corrected chi connectivity index (χ0v) is 10.1. The SMILES string of the molecule is C#C[Si](C)(C)C#C[Si](C)(C)C. The second-order valence-corrected chi connectivity index (χ2v) is 12.8. The van der Waals surface area contributed by atoms with Gasteiger partial charge in [0.15, 0.2) is 0 Å². The predicted molar refractivity (Wildman–Crippen MR) is 57.4 cm³/mol. The molecule has 0 N–H and O–H groups in total. The summed E-state index contributed by atoms with van der Waals surface area (Å²) in [5.74, 6) is 0. The summed E-state index contributed by atoms with van der Waals surface area (Å²) in [5, 5.41) is 0. The van der Waals surface area contributed by atoms with E-state index in [0.29, 0.717) is 0 Å². The molecule has 60 valence electrons. The summed E-state index contributed by atoms with van der Waals surface area (Å²) in [6.45, 7) is 10.9. The van der Waals surface area contributed by atoms with E-state index in [1.165, 1.54) is 0 Å². The van der Waals surface area contributed by atoms with Crippen LogP contribution in [0.1, 0.15) is 0 Å². The molecule has 0 unspecified atom stereocenters. The van der Waals surface area contributed by atoms with E-state index < -0.39 is 16.1 Å². The average molecular weight is 180 g/mol. The van der Waals surface area contributed by atoms with Crippen LogP contribution in [0.5, 0.6) is 0 Å². The Morgan fingerprint density at radius 1 is 0.909 bits per heavy atom. The van der Waals surface area contributed by atoms with Gasteiger partial charge in [0, 0.05) is 0 Å². The summed E-state index contributed by atoms with van der Waals surface area (Å²) in [7, 11) is -2.79. The van der Waals surface area contributed by atoms with Gasteiger partial charge in [-0.15, -0.1) is 23.1 Å². The third-order valence-electron chi connectivity index (χ3n) is 1.11. The van der Waals surface area contributed by atoms with E-state index >= 15 is 0 Å². The van der Waals surface area contributed by atoms with E-state index in [2.05, 4.69) is 49.4 Å². The average Bonchev–Trinajstić information content (AvgIpc) is 1.83. The Balaban J connectivity index is 4.46. The molecular formula is C9H16Si2. The molecule has 0 spiro atoms. The van der Waals surface area contributed by atoms with Crippen molar-refractivity contribution in [3.05, 3.63) is 0 Å². The molecule has 0 fully saturated rings. The van der Waals surface area contributed by atoms with Gasteiger partial charge >= 0.3 is 0 Å². The molecule has 0 saturated carbocycles. The van der Waals surface area contributed by atoms with Crippen LogP contribution >= 0.6 is 0 Å². The first-order valence-corrected chi connectivity index (χ1v) is 10.3. The Kier molecular flexibility index (Phi) is 3.17. The van der Waals surface area contributed by atoms with Gasteiger partial charge in [0.05, 0.1) is 0 Å². The van der Waals surface area contributed by atoms with Crippen molar-refractivity contribution in [2.75, 3.05) is 0 Å². The number of hydrogen-bond donors (Lipinski definition) is 0. The van der Waals surface area contributed by atoms with Gasteiger partial charge in [-0.1, -0.05) is 19.6 Å². The maximum Gasteiger partial charge on any atom is 0.209 e. The molecule has 0 radical (unpaired) electrons. The highest BCUT2D eigenvalue weighted by molar-refractivity contribution is 6.94. The van der Waals surface area contributed by atoms with Gasteiger partial charge in [-0.25, -0.2) is 0 Å². The number of rotatable bonds is 0. The first-order chi connectivity index (χ1) is 4.77. The molecule has 0 nitrogen and oxygen atoms in total. The third-order valence-corrected chi connectivity index (χ3v) is 3.71. The molecule has 0 saturated heterocycles. The van der Waals surface area contributed by atoms with Crippen LogP contribution in [0, 0.1) is 23.1 Å². The van der Waals surface area contributed by atoms with Crippen LogP contribution in [-0.4, -0.2) is 16.1 Å². The van der Waals surface area contributed by atoms with Crippen LogP contribution in [0.15, 0.2) is 0 Å². The van der Waals surface area contributed by atoms with Crippen LogP contribution in [0.4, 0.5) is 0 Å². The highest BCUT2D eigenvalue weighted by Gasteiger charge is 2.15. The van der Waals surface area contributed by atoms with Gasteiger partial charge in [0.25, 0.3) is 0 Å². The second kappa shape index (κ2) is 3.30. The topological polar surface area (TPSA) is 0 Å². The van der Waals surface area contributed by atoms with Crippen LogP contribution in [0.2, 0.25) is 32.7 Å². The lowest BCUT2D eigenvalue weighted by atomic mass is 11.3. The Bertz CT molecular complexity index is 227. The largest absolute Gasteiger partial charge is 0.209 e. The summed E-state index contributed by atoms with van der Waals surface area (Å²) in [6.07, 6.45) is 5.36. The van der Waals surface area contributed by atoms with Crippen molar-refractivity contribution in [3.8, 4) is 23.1 Å². The molecule has 0 aromatic carbocycles. The van der Waals surface area contributed by atoms with E-state index in [1.807, 2.05) is 0 Å². The smallest absolute Gasteiger partial charge is 0.138 e. The van der Waals surface area contributed by atoms with Crippen LogP contribution in [-0.2, 0) is 0 Å². The molecule has 0 aliphatic heterocycles. The highest BCUT2D eigenvalue weighted by atomic mass is 28.3. The molecule has 0 atom stereocenters. The van der Waals surface area contributed by atoms with Crippen molar-refractivity contribution < 1.29 is 0 Å². The fraction of sp³-hybridized carbons (Fsp3) is 0.556. The minimum absolute atomic E-state index is 1.21. The second-order valence-electron chi connectivity index (χ2n) is 4.27. The molecule has 0 heterocycles. The summed E-state index contributed by atoms with van der Waals surface area (Å²) >= 11 is 0. The zero-order chi connectivity index (χ0) is 9.12. The molecular weight excluding hydrogens is 164 g/mol. The lowest BCUT2D eigenvalue weighted by molar-refractivity contribution is 1.81. The lowest BCUT2D eigenvalue weighted by Crippen LogP contribution is -2.24. The van der Waals surface area contributed by atoms with Crippen molar-refractivity contribution in [1.29, 1.82) is 0 Å². The first-order valence-electron chi connectivity index (χ1n) is 3.79. The van der Waals surface area contributed by atoms with E-state index in [1.54, 1.807) is 0 Å². The van der Waals surface area contributed by atoms with E-state index in [9.17, 15) is 0 Å². The molecule has 0 amide bonds. The van der Waals surface area contributed by atoms with Gasteiger partial charge in [0.2, 0.25) is 8.07 Å². The van der Waals surface area contributed by atoms with Gasteiger partial charge in [0.1, 0.15) is 8.07 Å². The number of terminal acetylenes is 1. The summed E-state index contributed by atoms with van der Waals surface area (Å²) in [4.78, 5) is 0. The van der Waals surface area contributed by atoms with Crippen molar-refractivity contribution in [2.45, 2.75) is 32.7 Å². The Morgan fingerprint density at radius 2 is 1.36 bits per heavy atom. The quantitative estimate of drug-likeness (QED) is 0.396. The molecule has 11 heavy (non-hydrogen) atoms. The Hall–Kier alpha value is -0.446. The fourth-order valence-corrected chi connectivity index (χ4v) is 3.20. The maximum atomic E-state index is 5.36. The van der Waals surface area contributed by atoms with Gasteiger partial charge in [-0.2, -0.15) is 0 Å². The normalized spacial score (nSPS) is 11.3. The zero-order valence-electron chi connectivity index (χ0n) is 8.08. The molecule has 0 aromatic rings. The van der Waals surface area contributed by atoms with Crippen molar-refractivity contribution >= 4 is 16.1 Å². The minimum Gasteiger partial charge on any atom is -0.138 e. The molecule has 0 aliphatic carbocycles. The van der Waals surface area contributed by atoms with Crippen molar-refractivity contribution in [3.63, 3.8) is 0 Å². The van der Waals surface area contributed by atoms with Gasteiger partial charge < -0.3 is 0 Å². The molecule has 0 aromatic heterocycles. The van der Waals surface area contributed by atoms with Crippen molar-refractivity contribution in [1.82, 2.24) is 0 Å². The highest BCUT2D eigenvalue weighted by Crippen LogP contribution is 2.01. The standard InChI is InChI=1S/C9H16Si2/c1-7-11(5,6)9-8-10(2,3)4/h1H,2-6H3. The Morgan fingerprint density at radius 3 is 1.64 bits per heavy atom. The van der Waals surface area contributed by atoms with Crippen molar-refractivity contribution in [2.24, 2.45) is 0 Å². The molecule has 0 bridgehead atoms. The van der Waals surface area contributed by atoms with E-state index in [0.717, 1.165) is 0 Å². The monoisotopic (exact) mass is 180 g/mol. The first kappa shape index (κ1) is 10.6. The van der Waals surface area contributed by atoms with E-state index in [4.69, 9.17) is 6.42 Å².